The van der Waals surface area contributed by atoms with Gasteiger partial charge in [-0.15, -0.1) is 0 Å². The zero-order valence-corrected chi connectivity index (χ0v) is 9.54. The Morgan fingerprint density at radius 3 is 2.53 bits per heavy atom. The number of nitrogen functional groups attached to an aromatic ring is 1. The molecule has 0 aliphatic rings. The second-order valence-electron chi connectivity index (χ2n) is 3.60. The van der Waals surface area contributed by atoms with E-state index in [-0.39, 0.29) is 11.8 Å². The average Bonchev–Trinajstić information content (AvgIpc) is 2.77. The van der Waals surface area contributed by atoms with Gasteiger partial charge in [0.15, 0.2) is 0 Å². The van der Waals surface area contributed by atoms with E-state index in [9.17, 15) is 4.39 Å². The van der Waals surface area contributed by atoms with Crippen LogP contribution in [0.5, 0.6) is 0 Å². The molecule has 0 saturated carbocycles. The van der Waals surface area contributed by atoms with Gasteiger partial charge < -0.3 is 5.73 Å². The smallest absolute Gasteiger partial charge is 0.232 e. The Labute approximate surface area is 101 Å². The molecule has 0 radical (unpaired) electrons. The van der Waals surface area contributed by atoms with Crippen molar-refractivity contribution in [3.8, 4) is 10.6 Å². The number of rotatable bonds is 1. The second kappa shape index (κ2) is 3.78. The quantitative estimate of drug-likeness (QED) is 0.716. The first-order chi connectivity index (χ1) is 8.25. The molecule has 2 N–H and O–H groups in total. The topological polar surface area (TPSA) is 51.8 Å². The summed E-state index contributed by atoms with van der Waals surface area (Å²) in [6, 6.07) is 10.4. The van der Waals surface area contributed by atoms with Gasteiger partial charge in [0.1, 0.15) is 10.8 Å². The van der Waals surface area contributed by atoms with E-state index in [0.717, 1.165) is 10.9 Å². The van der Waals surface area contributed by atoms with Crippen molar-refractivity contribution in [2.24, 2.45) is 0 Å². The van der Waals surface area contributed by atoms with Crippen LogP contribution in [0.25, 0.3) is 21.3 Å². The Morgan fingerprint density at radius 2 is 1.82 bits per heavy atom. The van der Waals surface area contributed by atoms with E-state index in [1.807, 2.05) is 18.2 Å². The summed E-state index contributed by atoms with van der Waals surface area (Å²) in [7, 11) is 0. The van der Waals surface area contributed by atoms with Crippen LogP contribution in [-0.2, 0) is 0 Å². The van der Waals surface area contributed by atoms with Crippen LogP contribution in [0.1, 0.15) is 0 Å². The SMILES string of the molecule is Nc1nsc(-c2ccc(F)c3ccccc23)n1. The predicted octanol–water partition coefficient (Wildman–Crippen LogP) is 3.08. The third-order valence-electron chi connectivity index (χ3n) is 2.54. The number of halogens is 1. The van der Waals surface area contributed by atoms with Gasteiger partial charge in [0.25, 0.3) is 0 Å². The maximum Gasteiger partial charge on any atom is 0.232 e. The van der Waals surface area contributed by atoms with Gasteiger partial charge in [-0.2, -0.15) is 9.36 Å². The first-order valence-corrected chi connectivity index (χ1v) is 5.80. The van der Waals surface area contributed by atoms with Crippen LogP contribution >= 0.6 is 11.5 Å². The molecule has 0 unspecified atom stereocenters. The molecule has 0 atom stereocenters. The zero-order valence-electron chi connectivity index (χ0n) is 8.72. The average molecular weight is 245 g/mol. The first kappa shape index (κ1) is 10.2. The Balaban J connectivity index is 2.34. The van der Waals surface area contributed by atoms with Crippen LogP contribution in [-0.4, -0.2) is 9.36 Å². The highest BCUT2D eigenvalue weighted by Crippen LogP contribution is 2.31. The number of aromatic nitrogens is 2. The summed E-state index contributed by atoms with van der Waals surface area (Å²) >= 11 is 1.21. The largest absolute Gasteiger partial charge is 0.367 e. The Bertz CT molecular complexity index is 693. The van der Waals surface area contributed by atoms with Gasteiger partial charge in [0.05, 0.1) is 0 Å². The molecule has 1 aromatic heterocycles. The number of nitrogens with zero attached hydrogens (tertiary/aromatic N) is 2. The minimum absolute atomic E-state index is 0.234. The van der Waals surface area contributed by atoms with Crippen molar-refractivity contribution in [3.05, 3.63) is 42.2 Å². The summed E-state index contributed by atoms with van der Waals surface area (Å²) in [5.41, 5.74) is 6.36. The highest BCUT2D eigenvalue weighted by Gasteiger charge is 2.10. The zero-order chi connectivity index (χ0) is 11.8. The number of fused-ring (bicyclic) bond motifs is 1. The molecular weight excluding hydrogens is 237 g/mol. The normalized spacial score (nSPS) is 10.9. The second-order valence-corrected chi connectivity index (χ2v) is 4.35. The number of hydrogen-bond donors (Lipinski definition) is 1. The number of benzene rings is 2. The lowest BCUT2D eigenvalue weighted by molar-refractivity contribution is 0.640. The fourth-order valence-electron chi connectivity index (χ4n) is 1.79. The van der Waals surface area contributed by atoms with Gasteiger partial charge in [0, 0.05) is 10.9 Å². The lowest BCUT2D eigenvalue weighted by atomic mass is 10.0. The molecule has 3 aromatic rings. The molecule has 3 rings (SSSR count). The van der Waals surface area contributed by atoms with Crippen molar-refractivity contribution in [1.29, 1.82) is 0 Å². The van der Waals surface area contributed by atoms with E-state index in [1.165, 1.54) is 17.6 Å². The van der Waals surface area contributed by atoms with Gasteiger partial charge in [-0.1, -0.05) is 24.3 Å². The maximum atomic E-state index is 13.6. The summed E-state index contributed by atoms with van der Waals surface area (Å²) in [4.78, 5) is 4.12. The van der Waals surface area contributed by atoms with Gasteiger partial charge >= 0.3 is 0 Å². The van der Waals surface area contributed by atoms with Gasteiger partial charge in [-0.05, 0) is 29.1 Å². The van der Waals surface area contributed by atoms with E-state index in [1.54, 1.807) is 12.1 Å². The van der Waals surface area contributed by atoms with Crippen LogP contribution in [0.15, 0.2) is 36.4 Å². The molecule has 0 amide bonds. The highest BCUT2D eigenvalue weighted by molar-refractivity contribution is 7.09. The van der Waals surface area contributed by atoms with Gasteiger partial charge in [-0.3, -0.25) is 0 Å². The van der Waals surface area contributed by atoms with Crippen LogP contribution in [0.4, 0.5) is 10.3 Å². The number of anilines is 1. The van der Waals surface area contributed by atoms with Gasteiger partial charge in [0.2, 0.25) is 5.95 Å². The van der Waals surface area contributed by atoms with Crippen molar-refractivity contribution >= 4 is 28.3 Å². The Kier molecular flexibility index (Phi) is 2.26. The molecule has 0 saturated heterocycles. The Morgan fingerprint density at radius 1 is 1.06 bits per heavy atom. The summed E-state index contributed by atoms with van der Waals surface area (Å²) in [5, 5.41) is 2.11. The van der Waals surface area contributed by atoms with Gasteiger partial charge in [-0.25, -0.2) is 4.39 Å². The van der Waals surface area contributed by atoms with Crippen molar-refractivity contribution in [2.75, 3.05) is 5.73 Å². The molecule has 5 heteroatoms. The molecule has 17 heavy (non-hydrogen) atoms. The number of hydrogen-bond acceptors (Lipinski definition) is 4. The Hall–Kier alpha value is -2.01. The molecule has 2 aromatic carbocycles. The summed E-state index contributed by atoms with van der Waals surface area (Å²) in [6.45, 7) is 0. The van der Waals surface area contributed by atoms with Crippen LogP contribution in [0.3, 0.4) is 0 Å². The minimum atomic E-state index is -0.234. The van der Waals surface area contributed by atoms with E-state index < -0.39 is 0 Å². The standard InChI is InChI=1S/C12H8FN3S/c13-10-6-5-9(11-15-12(14)16-17-11)7-3-1-2-4-8(7)10/h1-6H,(H2,14,16). The number of nitrogens with two attached hydrogens (primary N) is 1. The first-order valence-electron chi connectivity index (χ1n) is 5.02. The van der Waals surface area contributed by atoms with Crippen LogP contribution < -0.4 is 5.73 Å². The lowest BCUT2D eigenvalue weighted by Crippen LogP contribution is -1.87. The molecule has 0 fully saturated rings. The highest BCUT2D eigenvalue weighted by atomic mass is 32.1. The predicted molar refractivity (Wildman–Crippen MR) is 67.2 cm³/mol. The molecule has 0 aliphatic carbocycles. The molecular formula is C12H8FN3S. The monoisotopic (exact) mass is 245 g/mol. The summed E-state index contributed by atoms with van der Waals surface area (Å²) < 4.78 is 17.6. The molecule has 84 valence electrons. The maximum absolute atomic E-state index is 13.6. The third-order valence-corrected chi connectivity index (χ3v) is 3.31. The minimum Gasteiger partial charge on any atom is -0.367 e. The molecule has 0 aliphatic heterocycles. The summed E-state index contributed by atoms with van der Waals surface area (Å²) in [6.07, 6.45) is 0. The fraction of sp³-hybridized carbons (Fsp3) is 0. The fourth-order valence-corrected chi connectivity index (χ4v) is 2.42. The van der Waals surface area contributed by atoms with E-state index in [4.69, 9.17) is 5.73 Å². The van der Waals surface area contributed by atoms with E-state index in [2.05, 4.69) is 9.36 Å². The van der Waals surface area contributed by atoms with Crippen molar-refractivity contribution in [3.63, 3.8) is 0 Å². The third kappa shape index (κ3) is 1.64. The van der Waals surface area contributed by atoms with Crippen LogP contribution in [0, 0.1) is 5.82 Å². The van der Waals surface area contributed by atoms with E-state index >= 15 is 0 Å². The molecule has 0 bridgehead atoms. The molecule has 3 nitrogen and oxygen atoms in total. The van der Waals surface area contributed by atoms with Crippen molar-refractivity contribution in [1.82, 2.24) is 9.36 Å². The van der Waals surface area contributed by atoms with E-state index in [0.29, 0.717) is 10.4 Å². The summed E-state index contributed by atoms with van der Waals surface area (Å²) in [5.74, 6) is 0.0141. The lowest BCUT2D eigenvalue weighted by Gasteiger charge is -2.03. The molecule has 0 spiro atoms. The van der Waals surface area contributed by atoms with Crippen molar-refractivity contribution in [2.45, 2.75) is 0 Å². The van der Waals surface area contributed by atoms with Crippen molar-refractivity contribution < 1.29 is 4.39 Å². The van der Waals surface area contributed by atoms with Crippen LogP contribution in [0.2, 0.25) is 0 Å². The molecule has 1 heterocycles.